The Morgan fingerprint density at radius 3 is 1.42 bits per heavy atom. The molecule has 1 heterocycles. The van der Waals surface area contributed by atoms with E-state index in [4.69, 9.17) is 35.7 Å². The van der Waals surface area contributed by atoms with Crippen LogP contribution in [0.3, 0.4) is 0 Å². The Morgan fingerprint density at radius 2 is 1.33 bits per heavy atom. The van der Waals surface area contributed by atoms with Crippen LogP contribution in [0.15, 0.2) is 0 Å². The summed E-state index contributed by atoms with van der Waals surface area (Å²) in [6.45, 7) is 0. The smallest absolute Gasteiger partial charge is 0.286 e. The third-order valence-corrected chi connectivity index (χ3v) is 1.63. The predicted molar refractivity (Wildman–Crippen MR) is 30.6 cm³/mol. The van der Waals surface area contributed by atoms with Crippen molar-refractivity contribution in [1.82, 2.24) is 5.32 Å². The summed E-state index contributed by atoms with van der Waals surface area (Å²) in [7, 11) is 0. The van der Waals surface area contributed by atoms with Gasteiger partial charge in [-0.2, -0.15) is 0 Å². The number of aliphatic hydroxyl groups excluding tert-OH is 1. The van der Waals surface area contributed by atoms with Crippen molar-refractivity contribution < 1.29 is 35.7 Å². The Bertz CT molecular complexity index is 200. The van der Waals surface area contributed by atoms with Gasteiger partial charge in [-0.15, -0.1) is 0 Å². The van der Waals surface area contributed by atoms with E-state index in [1.165, 1.54) is 5.32 Å². The van der Waals surface area contributed by atoms with Gasteiger partial charge in [-0.1, -0.05) is 0 Å². The molecule has 1 aliphatic rings. The van der Waals surface area contributed by atoms with Gasteiger partial charge >= 0.3 is 0 Å². The zero-order valence-corrected chi connectivity index (χ0v) is 5.71. The molecule has 0 aromatic rings. The van der Waals surface area contributed by atoms with E-state index < -0.39 is 23.7 Å². The molecule has 0 bridgehead atoms. The molecule has 0 amide bonds. The molecule has 0 aliphatic carbocycles. The zero-order chi connectivity index (χ0) is 9.78. The normalized spacial score (nSPS) is 36.8. The maximum absolute atomic E-state index is 8.75. The summed E-state index contributed by atoms with van der Waals surface area (Å²) in [6, 6.07) is 0. The molecule has 8 N–H and O–H groups in total. The molecule has 1 unspecified atom stereocenters. The van der Waals surface area contributed by atoms with E-state index in [0.717, 1.165) is 0 Å². The second kappa shape index (κ2) is 2.13. The highest BCUT2D eigenvalue weighted by Gasteiger charge is 2.69. The summed E-state index contributed by atoms with van der Waals surface area (Å²) < 4.78 is 0. The number of aliphatic hydroxyl groups is 7. The lowest BCUT2D eigenvalue weighted by Gasteiger charge is -2.27. The average molecular weight is 183 g/mol. The highest BCUT2D eigenvalue weighted by molar-refractivity contribution is 5.01. The van der Waals surface area contributed by atoms with E-state index >= 15 is 0 Å². The molecular weight excluding hydrogens is 174 g/mol. The minimum atomic E-state index is -3.46. The Balaban J connectivity index is 3.05. The van der Waals surface area contributed by atoms with Gasteiger partial charge in [0.05, 0.1) is 0 Å². The SMILES string of the molecule is OC1C(O)(O)NC(O)(O)C1(O)O. The van der Waals surface area contributed by atoms with Gasteiger partial charge in [0.2, 0.25) is 0 Å². The first kappa shape index (κ1) is 9.77. The van der Waals surface area contributed by atoms with E-state index in [-0.39, 0.29) is 0 Å². The van der Waals surface area contributed by atoms with Gasteiger partial charge in [-0.25, -0.2) is 5.32 Å². The van der Waals surface area contributed by atoms with Gasteiger partial charge in [0, 0.05) is 0 Å². The molecule has 0 aromatic heterocycles. The highest BCUT2D eigenvalue weighted by atomic mass is 16.7. The summed E-state index contributed by atoms with van der Waals surface area (Å²) in [6.07, 6.45) is -2.57. The van der Waals surface area contributed by atoms with Crippen LogP contribution in [0.25, 0.3) is 0 Å². The van der Waals surface area contributed by atoms with Crippen LogP contribution in [0.2, 0.25) is 0 Å². The van der Waals surface area contributed by atoms with Gasteiger partial charge in [0.15, 0.2) is 6.10 Å². The highest BCUT2D eigenvalue weighted by Crippen LogP contribution is 2.32. The monoisotopic (exact) mass is 183 g/mol. The minimum absolute atomic E-state index is 1.18. The summed E-state index contributed by atoms with van der Waals surface area (Å²) in [5, 5.41) is 62.2. The van der Waals surface area contributed by atoms with Crippen LogP contribution >= 0.6 is 0 Å². The molecule has 0 saturated carbocycles. The van der Waals surface area contributed by atoms with Crippen molar-refractivity contribution in [2.24, 2.45) is 0 Å². The fourth-order valence-corrected chi connectivity index (χ4v) is 0.888. The molecule has 1 rings (SSSR count). The van der Waals surface area contributed by atoms with E-state index in [1.807, 2.05) is 0 Å². The van der Waals surface area contributed by atoms with Crippen LogP contribution in [0.4, 0.5) is 0 Å². The molecule has 8 heteroatoms. The van der Waals surface area contributed by atoms with Crippen LogP contribution in [0.1, 0.15) is 0 Å². The Labute approximate surface area is 65.9 Å². The van der Waals surface area contributed by atoms with Crippen LogP contribution in [0.5, 0.6) is 0 Å². The molecule has 0 spiro atoms. The average Bonchev–Trinajstić information content (AvgIpc) is 1.90. The van der Waals surface area contributed by atoms with Crippen molar-refractivity contribution in [3.05, 3.63) is 0 Å². The van der Waals surface area contributed by atoms with Gasteiger partial charge in [-0.05, 0) is 0 Å². The molecule has 72 valence electrons. The predicted octanol–water partition coefficient (Wildman–Crippen LogP) is -5.09. The fraction of sp³-hybridized carbons (Fsp3) is 1.00. The molecule has 12 heavy (non-hydrogen) atoms. The number of nitrogens with one attached hydrogen (secondary N) is 1. The van der Waals surface area contributed by atoms with E-state index in [0.29, 0.717) is 0 Å². The first-order chi connectivity index (χ1) is 5.11. The number of rotatable bonds is 0. The van der Waals surface area contributed by atoms with E-state index in [1.54, 1.807) is 0 Å². The van der Waals surface area contributed by atoms with Crippen LogP contribution in [-0.2, 0) is 0 Å². The number of hydrogen-bond donors (Lipinski definition) is 8. The standard InChI is InChI=1S/C4H9NO7/c6-1-2(7,8)4(11,12)5-3(1,9)10/h1,5-12H. The lowest BCUT2D eigenvalue weighted by Crippen LogP contribution is -2.59. The second-order valence-corrected chi connectivity index (χ2v) is 2.65. The third-order valence-electron chi connectivity index (χ3n) is 1.63. The first-order valence-corrected chi connectivity index (χ1v) is 2.93. The van der Waals surface area contributed by atoms with Crippen LogP contribution in [-0.4, -0.2) is 59.5 Å². The lowest BCUT2D eigenvalue weighted by atomic mass is 10.1. The Hall–Kier alpha value is -0.320. The number of hydrogen-bond acceptors (Lipinski definition) is 8. The summed E-state index contributed by atoms with van der Waals surface area (Å²) >= 11 is 0. The summed E-state index contributed by atoms with van der Waals surface area (Å²) in [5.41, 5.74) is 0. The third kappa shape index (κ3) is 1.02. The molecule has 0 aromatic carbocycles. The van der Waals surface area contributed by atoms with Gasteiger partial charge < -0.3 is 35.7 Å². The van der Waals surface area contributed by atoms with Gasteiger partial charge in [0.1, 0.15) is 0 Å². The Kier molecular flexibility index (Phi) is 1.73. The molecule has 1 atom stereocenters. The van der Waals surface area contributed by atoms with Crippen molar-refractivity contribution in [2.45, 2.75) is 23.7 Å². The van der Waals surface area contributed by atoms with Crippen molar-refractivity contribution >= 4 is 0 Å². The zero-order valence-electron chi connectivity index (χ0n) is 5.71. The van der Waals surface area contributed by atoms with Crippen molar-refractivity contribution in [3.63, 3.8) is 0 Å². The second-order valence-electron chi connectivity index (χ2n) is 2.65. The molecule has 1 saturated heterocycles. The molecular formula is C4H9NO7. The van der Waals surface area contributed by atoms with E-state index in [9.17, 15) is 0 Å². The van der Waals surface area contributed by atoms with Crippen molar-refractivity contribution in [2.75, 3.05) is 0 Å². The molecule has 1 aliphatic heterocycles. The fourth-order valence-electron chi connectivity index (χ4n) is 0.888. The largest absolute Gasteiger partial charge is 0.381 e. The summed E-state index contributed by atoms with van der Waals surface area (Å²) in [4.78, 5) is 0. The van der Waals surface area contributed by atoms with Crippen molar-refractivity contribution in [1.29, 1.82) is 0 Å². The van der Waals surface area contributed by atoms with E-state index in [2.05, 4.69) is 0 Å². The van der Waals surface area contributed by atoms with Crippen LogP contribution < -0.4 is 5.32 Å². The van der Waals surface area contributed by atoms with Crippen molar-refractivity contribution in [3.8, 4) is 0 Å². The maximum Gasteiger partial charge on any atom is 0.286 e. The minimum Gasteiger partial charge on any atom is -0.381 e. The molecule has 0 radical (unpaired) electrons. The summed E-state index contributed by atoms with van der Waals surface area (Å²) in [5.74, 6) is -10.0. The quantitative estimate of drug-likeness (QED) is 0.173. The van der Waals surface area contributed by atoms with Gasteiger partial charge in [-0.3, -0.25) is 0 Å². The lowest BCUT2D eigenvalue weighted by molar-refractivity contribution is -0.368. The first-order valence-electron chi connectivity index (χ1n) is 2.93. The van der Waals surface area contributed by atoms with Crippen LogP contribution in [0, 0.1) is 0 Å². The maximum atomic E-state index is 8.75. The Morgan fingerprint density at radius 1 is 0.917 bits per heavy atom. The topological polar surface area (TPSA) is 154 Å². The molecule has 8 nitrogen and oxygen atoms in total. The molecule has 1 fully saturated rings. The van der Waals surface area contributed by atoms with Gasteiger partial charge in [0.25, 0.3) is 17.6 Å².